The molecule has 0 aliphatic rings. The van der Waals surface area contributed by atoms with Crippen LogP contribution in [0.3, 0.4) is 0 Å². The molecule has 2 atom stereocenters. The molecule has 0 amide bonds. The molecule has 340 valence electrons. The van der Waals surface area contributed by atoms with Gasteiger partial charge in [0.05, 0.1) is 42.1 Å². The number of alkyl halides is 1. The normalized spacial score (nSPS) is 12.8. The summed E-state index contributed by atoms with van der Waals surface area (Å²) in [5, 5.41) is 10.0. The number of halogens is 5. The molecule has 2 unspecified atom stereocenters. The van der Waals surface area contributed by atoms with Crippen molar-refractivity contribution in [2.24, 2.45) is 0 Å². The number of rotatable bonds is 10. The summed E-state index contributed by atoms with van der Waals surface area (Å²) in [6.07, 6.45) is -1.30. The number of hydrogen-bond donors (Lipinski definition) is 1. The van der Waals surface area contributed by atoms with E-state index in [1.807, 2.05) is 0 Å². The van der Waals surface area contributed by atoms with Crippen LogP contribution in [-0.2, 0) is 65.8 Å². The summed E-state index contributed by atoms with van der Waals surface area (Å²) in [6.45, 7) is 7.71. The van der Waals surface area contributed by atoms with Gasteiger partial charge < -0.3 is 32.9 Å². The van der Waals surface area contributed by atoms with Crippen LogP contribution in [0.5, 0.6) is 23.0 Å². The van der Waals surface area contributed by atoms with Gasteiger partial charge in [0, 0.05) is 84.1 Å². The van der Waals surface area contributed by atoms with Crippen molar-refractivity contribution in [3.8, 4) is 23.0 Å². The Kier molecular flexibility index (Phi) is 17.0. The van der Waals surface area contributed by atoms with E-state index in [1.54, 1.807) is 28.0 Å². The van der Waals surface area contributed by atoms with Crippen molar-refractivity contribution in [2.45, 2.75) is 52.5 Å². The summed E-state index contributed by atoms with van der Waals surface area (Å²) in [6, 6.07) is 2.73. The minimum atomic E-state index is -1.30. The maximum absolute atomic E-state index is 13.6. The van der Waals surface area contributed by atoms with E-state index >= 15 is 0 Å². The fourth-order valence-corrected chi connectivity index (χ4v) is 8.41. The van der Waals surface area contributed by atoms with Gasteiger partial charge in [-0.3, -0.25) is 28.8 Å². The molecule has 1 N–H and O–H groups in total. The zero-order valence-electron chi connectivity index (χ0n) is 38.7. The van der Waals surface area contributed by atoms with Crippen LogP contribution in [0, 0.1) is 0 Å². The standard InChI is InChI=1S/C21H15Br3O6.C21H16Br2O7.2Ag.O/c1-9(22)20-18(14-5-4-13(28-10(2)25)8-17(14)30-20)19(27)12-6-15(23)21(16(24)7-12)29-11(3)26;1-9(24)20-18(14-5-4-13(28-10(2)25)8-17(14)30-20)19(27)12-6-15(22)21(16(23)7-12)29-11(3)26;;;/h4-9H,1-3H3;4-9,24H,1-3H3;;;/i2*4D,5D,8D;;;. The van der Waals surface area contributed by atoms with Crippen LogP contribution in [0.1, 0.15) is 104 Å². The molecule has 2 aromatic heterocycles. The van der Waals surface area contributed by atoms with Gasteiger partial charge >= 0.3 is 48.2 Å². The maximum atomic E-state index is 13.6. The van der Waals surface area contributed by atoms with Crippen LogP contribution in [0.15, 0.2) is 87.2 Å². The van der Waals surface area contributed by atoms with E-state index in [4.69, 9.17) is 39.3 Å². The number of aliphatic hydroxyl groups excluding tert-OH is 1. The van der Waals surface area contributed by atoms with Gasteiger partial charge in [-0.25, -0.2) is 0 Å². The average Bonchev–Trinajstić information content (AvgIpc) is 3.86. The monoisotopic (exact) mass is 1370 g/mol. The first-order valence-corrected chi connectivity index (χ1v) is 21.8. The topological polar surface area (TPSA) is 203 Å². The van der Waals surface area contributed by atoms with Gasteiger partial charge in [0.2, 0.25) is 0 Å². The molecule has 0 saturated carbocycles. The third-order valence-electron chi connectivity index (χ3n) is 7.63. The number of benzene rings is 4. The fourth-order valence-electron chi connectivity index (χ4n) is 5.39. The Morgan fingerprint density at radius 2 is 0.921 bits per heavy atom. The Morgan fingerprint density at radius 1 is 0.603 bits per heavy atom. The molecule has 0 saturated heterocycles. The molecule has 0 spiro atoms. The van der Waals surface area contributed by atoms with Crippen molar-refractivity contribution in [3.05, 3.63) is 112 Å². The Balaban J connectivity index is 0.000000348. The first kappa shape index (κ1) is 45.0. The SMILES string of the molecule is [2H]c1c(OC(C)=O)c([2H])c2oc(C(C)Br)c(C(=O)c3cc(Br)c(OC(C)=O)c(Br)c3)c2c1[2H].[2H]c1c(OC(C)=O)c([2H])c2oc(C(C)O)c(C(=O)c3cc(Br)c(OC(C)=O)c(Br)c3)c2c1[2H].[Ag].[O]=[Ag]. The van der Waals surface area contributed by atoms with Crippen molar-refractivity contribution in [3.63, 3.8) is 0 Å². The molecule has 1 radical (unpaired) electrons. The van der Waals surface area contributed by atoms with Crippen LogP contribution < -0.4 is 18.9 Å². The van der Waals surface area contributed by atoms with Crippen molar-refractivity contribution in [2.75, 3.05) is 0 Å². The van der Waals surface area contributed by atoms with Crippen LogP contribution in [0.4, 0.5) is 0 Å². The quantitative estimate of drug-likeness (QED) is 0.0446. The second kappa shape index (κ2) is 23.8. The van der Waals surface area contributed by atoms with E-state index in [-0.39, 0.29) is 98.5 Å². The molecule has 6 aromatic rings. The Morgan fingerprint density at radius 3 is 1.22 bits per heavy atom. The number of ketones is 2. The fraction of sp³-hybridized carbons (Fsp3) is 0.190. The van der Waals surface area contributed by atoms with Gasteiger partial charge in [-0.1, -0.05) is 15.9 Å². The molecule has 6 rings (SSSR count). The van der Waals surface area contributed by atoms with Crippen LogP contribution in [-0.4, -0.2) is 40.6 Å². The van der Waals surface area contributed by atoms with Gasteiger partial charge in [-0.2, -0.15) is 0 Å². The molecule has 4 aromatic carbocycles. The molecule has 21 heteroatoms. The molecular formula is C42H31Ag2Br5O14. The molecule has 0 bridgehead atoms. The Hall–Kier alpha value is -3.18. The van der Waals surface area contributed by atoms with E-state index in [0.29, 0.717) is 8.95 Å². The van der Waals surface area contributed by atoms with Gasteiger partial charge in [0.1, 0.15) is 40.3 Å². The molecule has 0 fully saturated rings. The second-order valence-corrected chi connectivity index (χ2v) is 17.2. The van der Waals surface area contributed by atoms with Gasteiger partial charge in [0.25, 0.3) is 0 Å². The van der Waals surface area contributed by atoms with E-state index < -0.39 is 94.1 Å². The molecular weight excluding hydrogens is 1340 g/mol. The molecule has 0 aliphatic heterocycles. The van der Waals surface area contributed by atoms with Crippen LogP contribution in [0.2, 0.25) is 0 Å². The van der Waals surface area contributed by atoms with Crippen molar-refractivity contribution in [1.82, 2.24) is 0 Å². The number of esters is 4. The van der Waals surface area contributed by atoms with Crippen molar-refractivity contribution < 1.29 is 117 Å². The number of carbonyl (C=O) groups excluding carboxylic acids is 6. The number of carbonyl (C=O) groups is 6. The number of furan rings is 2. The third-order valence-corrected chi connectivity index (χ3v) is 10.4. The van der Waals surface area contributed by atoms with Gasteiger partial charge in [0.15, 0.2) is 23.1 Å². The van der Waals surface area contributed by atoms with E-state index in [0.717, 1.165) is 13.8 Å². The summed E-state index contributed by atoms with van der Waals surface area (Å²) < 4.78 is 90.6. The first-order valence-electron chi connectivity index (χ1n) is 20.1. The van der Waals surface area contributed by atoms with Crippen molar-refractivity contribution in [1.29, 1.82) is 0 Å². The van der Waals surface area contributed by atoms with Crippen LogP contribution in [0.25, 0.3) is 21.9 Å². The third kappa shape index (κ3) is 13.5. The number of aliphatic hydroxyl groups is 1. The molecule has 2 heterocycles. The number of hydrogen-bond acceptors (Lipinski definition) is 14. The average molecular weight is 1380 g/mol. The van der Waals surface area contributed by atoms with Crippen LogP contribution >= 0.6 is 79.6 Å². The summed E-state index contributed by atoms with van der Waals surface area (Å²) in [5.41, 5.74) is -0.387. The first-order chi connectivity index (χ1) is 31.7. The number of fused-ring (bicyclic) bond motifs is 2. The second-order valence-electron chi connectivity index (χ2n) is 12.4. The minimum absolute atomic E-state index is 0. The van der Waals surface area contributed by atoms with Gasteiger partial charge in [-0.05, 0) is 126 Å². The van der Waals surface area contributed by atoms with Crippen molar-refractivity contribution >= 4 is 137 Å². The predicted octanol–water partition coefficient (Wildman–Crippen LogP) is 11.5. The summed E-state index contributed by atoms with van der Waals surface area (Å²) in [5.74, 6) is -4.50. The van der Waals surface area contributed by atoms with E-state index in [9.17, 15) is 33.9 Å². The zero-order valence-corrected chi connectivity index (χ0v) is 43.6. The predicted molar refractivity (Wildman–Crippen MR) is 237 cm³/mol. The molecule has 0 aliphatic carbocycles. The summed E-state index contributed by atoms with van der Waals surface area (Å²) in [7, 11) is 0. The molecule has 63 heavy (non-hydrogen) atoms. The Bertz CT molecular complexity index is 2860. The number of ether oxygens (including phenoxy) is 4. The van der Waals surface area contributed by atoms with E-state index in [2.05, 4.69) is 79.6 Å². The van der Waals surface area contributed by atoms with Gasteiger partial charge in [-0.15, -0.1) is 0 Å². The summed E-state index contributed by atoms with van der Waals surface area (Å²) >= 11 is 18.1. The Labute approximate surface area is 437 Å². The summed E-state index contributed by atoms with van der Waals surface area (Å²) in [4.78, 5) is 72.1. The van der Waals surface area contributed by atoms with E-state index in [1.165, 1.54) is 45.0 Å². The molecule has 14 nitrogen and oxygen atoms in total. The zero-order chi connectivity index (χ0) is 51.5.